The number of carbonyl (C=O) groups is 2. The third kappa shape index (κ3) is 5.14. The molecule has 3 aromatic carbocycles. The molecule has 1 atom stereocenters. The summed E-state index contributed by atoms with van der Waals surface area (Å²) >= 11 is 0. The highest BCUT2D eigenvalue weighted by Crippen LogP contribution is 2.35. The highest BCUT2D eigenvalue weighted by molar-refractivity contribution is 5.98. The van der Waals surface area contributed by atoms with Crippen molar-refractivity contribution in [2.45, 2.75) is 37.5 Å². The van der Waals surface area contributed by atoms with Crippen LogP contribution in [0, 0.1) is 11.3 Å². The molecule has 1 saturated heterocycles. The van der Waals surface area contributed by atoms with E-state index in [1.54, 1.807) is 4.90 Å². The molecule has 38 heavy (non-hydrogen) atoms. The molecular formula is C32H29N3O3. The molecule has 1 aliphatic rings. The average Bonchev–Trinajstić information content (AvgIpc) is 3.41. The summed E-state index contributed by atoms with van der Waals surface area (Å²) in [5, 5.41) is 19.9. The van der Waals surface area contributed by atoms with Crippen LogP contribution in [-0.2, 0) is 16.6 Å². The first kappa shape index (κ1) is 25.2. The van der Waals surface area contributed by atoms with Gasteiger partial charge in [0.25, 0.3) is 5.91 Å². The first-order valence-electron chi connectivity index (χ1n) is 13.0. The van der Waals surface area contributed by atoms with Crippen molar-refractivity contribution in [1.29, 1.82) is 5.26 Å². The smallest absolute Gasteiger partial charge is 0.303 e. The van der Waals surface area contributed by atoms with Gasteiger partial charge >= 0.3 is 5.97 Å². The molecule has 6 nitrogen and oxygen atoms in total. The minimum absolute atomic E-state index is 0.0879. The zero-order chi connectivity index (χ0) is 26.5. The Kier molecular flexibility index (Phi) is 7.19. The van der Waals surface area contributed by atoms with Crippen molar-refractivity contribution in [3.63, 3.8) is 0 Å². The zero-order valence-corrected chi connectivity index (χ0v) is 21.1. The van der Waals surface area contributed by atoms with Crippen LogP contribution in [0.5, 0.6) is 0 Å². The van der Waals surface area contributed by atoms with Crippen LogP contribution < -0.4 is 0 Å². The monoisotopic (exact) mass is 503 g/mol. The van der Waals surface area contributed by atoms with Gasteiger partial charge in [-0.1, -0.05) is 60.7 Å². The fourth-order valence-corrected chi connectivity index (χ4v) is 5.30. The summed E-state index contributed by atoms with van der Waals surface area (Å²) in [5.74, 6) is -0.877. The number of amides is 1. The van der Waals surface area contributed by atoms with Crippen molar-refractivity contribution in [3.8, 4) is 17.3 Å². The highest BCUT2D eigenvalue weighted by atomic mass is 16.4. The van der Waals surface area contributed by atoms with Gasteiger partial charge in [-0.05, 0) is 61.1 Å². The summed E-state index contributed by atoms with van der Waals surface area (Å²) in [6.07, 6.45) is 2.78. The largest absolute Gasteiger partial charge is 0.481 e. The van der Waals surface area contributed by atoms with E-state index >= 15 is 0 Å². The molecule has 4 aromatic rings. The molecule has 0 aliphatic carbocycles. The third-order valence-corrected chi connectivity index (χ3v) is 7.37. The van der Waals surface area contributed by atoms with Crippen LogP contribution in [0.3, 0.4) is 0 Å². The molecule has 1 aliphatic heterocycles. The van der Waals surface area contributed by atoms with Crippen LogP contribution >= 0.6 is 0 Å². The van der Waals surface area contributed by atoms with E-state index in [0.29, 0.717) is 37.9 Å². The van der Waals surface area contributed by atoms with Gasteiger partial charge in [-0.2, -0.15) is 5.26 Å². The molecule has 1 amide bonds. The summed E-state index contributed by atoms with van der Waals surface area (Å²) in [4.78, 5) is 31.2. The fraction of sp³-hybridized carbons (Fsp3) is 0.250. The molecule has 0 saturated carbocycles. The van der Waals surface area contributed by atoms with Crippen LogP contribution in [-0.4, -0.2) is 40.0 Å². The summed E-state index contributed by atoms with van der Waals surface area (Å²) < 4.78 is 0. The fourth-order valence-electron chi connectivity index (χ4n) is 5.30. The second kappa shape index (κ2) is 10.9. The van der Waals surface area contributed by atoms with Gasteiger partial charge in [0.1, 0.15) is 5.41 Å². The molecule has 190 valence electrons. The molecule has 1 N–H and O–H groups in total. The van der Waals surface area contributed by atoms with Crippen molar-refractivity contribution in [2.24, 2.45) is 0 Å². The normalized spacial score (nSPS) is 16.9. The first-order valence-corrected chi connectivity index (χ1v) is 13.0. The van der Waals surface area contributed by atoms with E-state index in [2.05, 4.69) is 12.1 Å². The van der Waals surface area contributed by atoms with E-state index in [1.807, 2.05) is 78.9 Å². The van der Waals surface area contributed by atoms with Gasteiger partial charge in [0, 0.05) is 36.0 Å². The number of fused-ring (bicyclic) bond motifs is 1. The third-order valence-electron chi connectivity index (χ3n) is 7.37. The van der Waals surface area contributed by atoms with Crippen LogP contribution in [0.1, 0.15) is 47.2 Å². The number of benzene rings is 3. The quantitative estimate of drug-likeness (QED) is 0.297. The maximum Gasteiger partial charge on any atom is 0.303 e. The molecule has 0 radical (unpaired) electrons. The van der Waals surface area contributed by atoms with Crippen molar-refractivity contribution in [3.05, 3.63) is 102 Å². The summed E-state index contributed by atoms with van der Waals surface area (Å²) in [6.45, 7) is 0.893. The molecule has 2 heterocycles. The number of aryl methyl sites for hydroxylation is 1. The second-order valence-electron chi connectivity index (χ2n) is 9.91. The number of likely N-dealkylation sites (tertiary alicyclic amines) is 1. The Morgan fingerprint density at radius 1 is 0.974 bits per heavy atom. The Morgan fingerprint density at radius 2 is 1.71 bits per heavy atom. The summed E-state index contributed by atoms with van der Waals surface area (Å²) in [6, 6.07) is 29.8. The van der Waals surface area contributed by atoms with Crippen LogP contribution in [0.15, 0.2) is 84.9 Å². The van der Waals surface area contributed by atoms with Crippen molar-refractivity contribution < 1.29 is 14.7 Å². The van der Waals surface area contributed by atoms with Gasteiger partial charge in [-0.15, -0.1) is 0 Å². The number of aromatic nitrogens is 1. The molecule has 1 fully saturated rings. The molecule has 0 bridgehead atoms. The van der Waals surface area contributed by atoms with Gasteiger partial charge in [-0.3, -0.25) is 9.59 Å². The van der Waals surface area contributed by atoms with Crippen LogP contribution in [0.25, 0.3) is 22.2 Å². The SMILES string of the molecule is N#CC1(c2ccccc2)CCN(C(=O)c2ccc3nc(-c4ccccc4)c(CCCCC(=O)O)cc3c2)C1. The summed E-state index contributed by atoms with van der Waals surface area (Å²) in [5.41, 5.74) is 4.55. The van der Waals surface area contributed by atoms with E-state index in [9.17, 15) is 14.9 Å². The number of hydrogen-bond acceptors (Lipinski definition) is 4. The number of nitriles is 1. The standard InChI is InChI=1S/C32H29N3O3/c33-21-32(27-12-5-2-6-13-27)17-18-35(22-32)31(38)25-15-16-28-26(20-25)19-24(11-7-8-14-29(36)37)30(34-28)23-9-3-1-4-10-23/h1-6,9-10,12-13,15-16,19-20H,7-8,11,14,17-18,22H2,(H,36,37). The van der Waals surface area contributed by atoms with Crippen LogP contribution in [0.4, 0.5) is 0 Å². The lowest BCUT2D eigenvalue weighted by atomic mass is 9.81. The van der Waals surface area contributed by atoms with Crippen molar-refractivity contribution in [1.82, 2.24) is 9.88 Å². The summed E-state index contributed by atoms with van der Waals surface area (Å²) in [7, 11) is 0. The Hall–Kier alpha value is -4.50. The van der Waals surface area contributed by atoms with Gasteiger partial charge in [0.05, 0.1) is 17.3 Å². The highest BCUT2D eigenvalue weighted by Gasteiger charge is 2.41. The Morgan fingerprint density at radius 3 is 2.42 bits per heavy atom. The minimum Gasteiger partial charge on any atom is -0.481 e. The molecular weight excluding hydrogens is 474 g/mol. The molecule has 6 heteroatoms. The van der Waals surface area contributed by atoms with Gasteiger partial charge in [0.2, 0.25) is 0 Å². The number of carbonyl (C=O) groups excluding carboxylic acids is 1. The van der Waals surface area contributed by atoms with E-state index in [-0.39, 0.29) is 12.3 Å². The zero-order valence-electron chi connectivity index (χ0n) is 21.1. The molecule has 5 rings (SSSR count). The number of carboxylic acids is 1. The number of carboxylic acid groups (broad SMARTS) is 1. The predicted octanol–water partition coefficient (Wildman–Crippen LogP) is 6.01. The van der Waals surface area contributed by atoms with E-state index < -0.39 is 11.4 Å². The lowest BCUT2D eigenvalue weighted by Gasteiger charge is -2.22. The average molecular weight is 504 g/mol. The van der Waals surface area contributed by atoms with E-state index in [4.69, 9.17) is 10.1 Å². The van der Waals surface area contributed by atoms with Gasteiger partial charge in [0.15, 0.2) is 0 Å². The molecule has 0 spiro atoms. The van der Waals surface area contributed by atoms with Crippen molar-refractivity contribution >= 4 is 22.8 Å². The Bertz CT molecular complexity index is 1510. The van der Waals surface area contributed by atoms with Crippen molar-refractivity contribution in [2.75, 3.05) is 13.1 Å². The Balaban J connectivity index is 1.43. The van der Waals surface area contributed by atoms with E-state index in [1.165, 1.54) is 0 Å². The first-order chi connectivity index (χ1) is 18.5. The van der Waals surface area contributed by atoms with Gasteiger partial charge < -0.3 is 10.0 Å². The van der Waals surface area contributed by atoms with Gasteiger partial charge in [-0.25, -0.2) is 4.98 Å². The lowest BCUT2D eigenvalue weighted by Crippen LogP contribution is -2.33. The number of unbranched alkanes of at least 4 members (excludes halogenated alkanes) is 1. The predicted molar refractivity (Wildman–Crippen MR) is 147 cm³/mol. The maximum atomic E-state index is 13.5. The topological polar surface area (TPSA) is 94.3 Å². The molecule has 1 unspecified atom stereocenters. The number of nitrogens with zero attached hydrogens (tertiary/aromatic N) is 3. The maximum absolute atomic E-state index is 13.5. The lowest BCUT2D eigenvalue weighted by molar-refractivity contribution is -0.137. The number of rotatable bonds is 8. The number of pyridine rings is 1. The Labute approximate surface area is 222 Å². The number of hydrogen-bond donors (Lipinski definition) is 1. The second-order valence-corrected chi connectivity index (χ2v) is 9.91. The molecule has 1 aromatic heterocycles. The van der Waals surface area contributed by atoms with Crippen LogP contribution in [0.2, 0.25) is 0 Å². The van der Waals surface area contributed by atoms with E-state index in [0.717, 1.165) is 39.7 Å². The minimum atomic E-state index is -0.789. The number of aliphatic carboxylic acids is 1.